The van der Waals surface area contributed by atoms with Crippen LogP contribution in [0.1, 0.15) is 31.2 Å². The minimum Gasteiger partial charge on any atom is -0.488 e. The maximum Gasteiger partial charge on any atom is 0.273 e. The van der Waals surface area contributed by atoms with Crippen LogP contribution in [0.5, 0.6) is 5.75 Å². The second kappa shape index (κ2) is 10.9. The molecule has 0 aliphatic rings. The molecular weight excluding hydrogens is 434 g/mol. The molecule has 0 saturated heterocycles. The number of amides is 2. The van der Waals surface area contributed by atoms with Gasteiger partial charge in [0, 0.05) is 5.56 Å². The van der Waals surface area contributed by atoms with Crippen LogP contribution in [0.4, 0.5) is 5.69 Å². The molecule has 0 saturated carbocycles. The van der Waals surface area contributed by atoms with Crippen molar-refractivity contribution < 1.29 is 14.3 Å². The molecule has 0 spiro atoms. The lowest BCUT2D eigenvalue weighted by molar-refractivity contribution is 0.0956. The largest absolute Gasteiger partial charge is 0.488 e. The van der Waals surface area contributed by atoms with Crippen molar-refractivity contribution in [3.8, 4) is 5.75 Å². The van der Waals surface area contributed by atoms with Crippen LogP contribution >= 0.6 is 11.3 Å². The van der Waals surface area contributed by atoms with Crippen molar-refractivity contribution in [1.82, 2.24) is 5.43 Å². The van der Waals surface area contributed by atoms with E-state index < -0.39 is 5.91 Å². The first-order valence-electron chi connectivity index (χ1n) is 10.2. The highest BCUT2D eigenvalue weighted by atomic mass is 32.1. The van der Waals surface area contributed by atoms with Crippen molar-refractivity contribution in [1.29, 1.82) is 0 Å². The Morgan fingerprint density at radius 3 is 2.42 bits per heavy atom. The molecule has 0 atom stereocenters. The second-order valence-electron chi connectivity index (χ2n) is 6.99. The molecule has 4 rings (SSSR count). The fourth-order valence-corrected chi connectivity index (χ4v) is 3.68. The molecule has 3 aromatic carbocycles. The molecule has 0 aliphatic carbocycles. The van der Waals surface area contributed by atoms with Gasteiger partial charge in [0.2, 0.25) is 0 Å². The normalized spacial score (nSPS) is 10.7. The van der Waals surface area contributed by atoms with E-state index in [-0.39, 0.29) is 5.91 Å². The molecular formula is C26H21N3O3S. The summed E-state index contributed by atoms with van der Waals surface area (Å²) in [5, 5.41) is 8.69. The Kier molecular flexibility index (Phi) is 7.25. The van der Waals surface area contributed by atoms with Gasteiger partial charge in [0.1, 0.15) is 12.4 Å². The molecule has 4 aromatic rings. The van der Waals surface area contributed by atoms with Gasteiger partial charge in [-0.25, -0.2) is 5.43 Å². The summed E-state index contributed by atoms with van der Waals surface area (Å²) in [6.45, 7) is 0.426. The van der Waals surface area contributed by atoms with Gasteiger partial charge in [-0.05, 0) is 41.3 Å². The Hall–Kier alpha value is -4.23. The van der Waals surface area contributed by atoms with Gasteiger partial charge < -0.3 is 10.1 Å². The number of hydrogen-bond donors (Lipinski definition) is 2. The molecule has 33 heavy (non-hydrogen) atoms. The highest BCUT2D eigenvalue weighted by Gasteiger charge is 2.14. The lowest BCUT2D eigenvalue weighted by atomic mass is 10.1. The van der Waals surface area contributed by atoms with Crippen molar-refractivity contribution in [2.75, 3.05) is 5.32 Å². The van der Waals surface area contributed by atoms with Crippen LogP contribution in [0, 0.1) is 0 Å². The third kappa shape index (κ3) is 5.93. The molecule has 1 aromatic heterocycles. The summed E-state index contributed by atoms with van der Waals surface area (Å²) in [4.78, 5) is 25.7. The molecule has 2 N–H and O–H groups in total. The number of ether oxygens (including phenoxy) is 1. The number of hydrogen-bond acceptors (Lipinski definition) is 5. The minimum absolute atomic E-state index is 0.266. The number of carbonyl (C=O) groups excluding carboxylic acids is 2. The van der Waals surface area contributed by atoms with Gasteiger partial charge in [0.05, 0.1) is 22.3 Å². The maximum atomic E-state index is 12.7. The Morgan fingerprint density at radius 2 is 1.61 bits per heavy atom. The van der Waals surface area contributed by atoms with Crippen molar-refractivity contribution in [3.05, 3.63) is 118 Å². The second-order valence-corrected chi connectivity index (χ2v) is 7.94. The van der Waals surface area contributed by atoms with E-state index in [1.807, 2.05) is 60.0 Å². The summed E-state index contributed by atoms with van der Waals surface area (Å²) in [6, 6.07) is 27.6. The summed E-state index contributed by atoms with van der Waals surface area (Å²) in [7, 11) is 0. The van der Waals surface area contributed by atoms with E-state index in [0.717, 1.165) is 11.1 Å². The Balaban J connectivity index is 1.41. The van der Waals surface area contributed by atoms with Crippen LogP contribution in [0.2, 0.25) is 0 Å². The molecule has 0 unspecified atom stereocenters. The first kappa shape index (κ1) is 22.0. The van der Waals surface area contributed by atoms with Gasteiger partial charge >= 0.3 is 0 Å². The average Bonchev–Trinajstić information content (AvgIpc) is 3.40. The van der Waals surface area contributed by atoms with Crippen molar-refractivity contribution in [2.24, 2.45) is 5.10 Å². The molecule has 0 aliphatic heterocycles. The zero-order valence-corrected chi connectivity index (χ0v) is 18.4. The van der Waals surface area contributed by atoms with Crippen LogP contribution in [-0.2, 0) is 6.61 Å². The van der Waals surface area contributed by atoms with Gasteiger partial charge in [0.15, 0.2) is 0 Å². The number of thiophene rings is 1. The molecule has 164 valence electrons. The molecule has 7 heteroatoms. The Bertz CT molecular complexity index is 1250. The summed E-state index contributed by atoms with van der Waals surface area (Å²) in [5.41, 5.74) is 5.03. The van der Waals surface area contributed by atoms with Crippen LogP contribution < -0.4 is 15.5 Å². The van der Waals surface area contributed by atoms with Gasteiger partial charge in [-0.3, -0.25) is 9.59 Å². The SMILES string of the molecule is O=C(Nc1ccccc1C(=O)NN=Cc1ccccc1OCc1ccccc1)c1cccs1. The lowest BCUT2D eigenvalue weighted by Crippen LogP contribution is -2.21. The van der Waals surface area contributed by atoms with E-state index in [1.165, 1.54) is 17.6 Å². The van der Waals surface area contributed by atoms with E-state index in [0.29, 0.717) is 28.5 Å². The maximum absolute atomic E-state index is 12.7. The first-order valence-corrected chi connectivity index (χ1v) is 11.1. The monoisotopic (exact) mass is 455 g/mol. The highest BCUT2D eigenvalue weighted by Crippen LogP contribution is 2.19. The molecule has 1 heterocycles. The van der Waals surface area contributed by atoms with Crippen LogP contribution in [0.15, 0.2) is 101 Å². The van der Waals surface area contributed by atoms with E-state index in [1.54, 1.807) is 36.4 Å². The van der Waals surface area contributed by atoms with Gasteiger partial charge in [0.25, 0.3) is 11.8 Å². The number of benzene rings is 3. The number of rotatable bonds is 8. The third-order valence-corrected chi connectivity index (χ3v) is 5.56. The number of para-hydroxylation sites is 2. The number of nitrogens with zero attached hydrogens (tertiary/aromatic N) is 1. The topological polar surface area (TPSA) is 79.8 Å². The van der Waals surface area contributed by atoms with E-state index in [4.69, 9.17) is 4.74 Å². The van der Waals surface area contributed by atoms with Crippen LogP contribution in [0.3, 0.4) is 0 Å². The van der Waals surface area contributed by atoms with Crippen LogP contribution in [0.25, 0.3) is 0 Å². The molecule has 0 bridgehead atoms. The number of anilines is 1. The first-order chi connectivity index (χ1) is 16.2. The zero-order chi connectivity index (χ0) is 22.9. The van der Waals surface area contributed by atoms with Gasteiger partial charge in [-0.2, -0.15) is 5.10 Å². The highest BCUT2D eigenvalue weighted by molar-refractivity contribution is 7.12. The van der Waals surface area contributed by atoms with Crippen LogP contribution in [-0.4, -0.2) is 18.0 Å². The standard InChI is InChI=1S/C26H21N3O3S/c30-25(21-12-5-6-13-22(21)28-26(31)24-15-8-16-33-24)29-27-17-20-11-4-7-14-23(20)32-18-19-9-2-1-3-10-19/h1-17H,18H2,(H,28,31)(H,29,30). The van der Waals surface area contributed by atoms with E-state index >= 15 is 0 Å². The van der Waals surface area contributed by atoms with Crippen molar-refractivity contribution in [2.45, 2.75) is 6.61 Å². The van der Waals surface area contributed by atoms with Gasteiger partial charge in [-0.1, -0.05) is 60.7 Å². The number of nitrogens with one attached hydrogen (secondary N) is 2. The fourth-order valence-electron chi connectivity index (χ4n) is 3.06. The number of carbonyl (C=O) groups is 2. The Labute approximate surface area is 195 Å². The molecule has 0 fully saturated rings. The van der Waals surface area contributed by atoms with E-state index in [9.17, 15) is 9.59 Å². The fraction of sp³-hybridized carbons (Fsp3) is 0.0385. The summed E-state index contributed by atoms with van der Waals surface area (Å²) < 4.78 is 5.91. The summed E-state index contributed by atoms with van der Waals surface area (Å²) in [6.07, 6.45) is 1.53. The minimum atomic E-state index is -0.434. The smallest absolute Gasteiger partial charge is 0.273 e. The predicted octanol–water partition coefficient (Wildman–Crippen LogP) is 5.34. The summed E-state index contributed by atoms with van der Waals surface area (Å²) >= 11 is 1.33. The molecule has 0 radical (unpaired) electrons. The average molecular weight is 456 g/mol. The number of hydrazone groups is 1. The third-order valence-electron chi connectivity index (χ3n) is 4.69. The predicted molar refractivity (Wildman–Crippen MR) is 131 cm³/mol. The molecule has 6 nitrogen and oxygen atoms in total. The Morgan fingerprint density at radius 1 is 0.848 bits per heavy atom. The van der Waals surface area contributed by atoms with E-state index in [2.05, 4.69) is 15.8 Å². The lowest BCUT2D eigenvalue weighted by Gasteiger charge is -2.10. The molecule has 2 amide bonds. The van der Waals surface area contributed by atoms with Crippen molar-refractivity contribution in [3.63, 3.8) is 0 Å². The quantitative estimate of drug-likeness (QED) is 0.278. The van der Waals surface area contributed by atoms with Crippen molar-refractivity contribution >= 4 is 35.1 Å². The zero-order valence-electron chi connectivity index (χ0n) is 17.6. The summed E-state index contributed by atoms with van der Waals surface area (Å²) in [5.74, 6) is -0.0442. The van der Waals surface area contributed by atoms with Gasteiger partial charge in [-0.15, -0.1) is 11.3 Å².